The number of methoxy groups -OCH3 is 1. The van der Waals surface area contributed by atoms with Gasteiger partial charge in [-0.05, 0) is 73.8 Å². The second-order valence-corrected chi connectivity index (χ2v) is 7.10. The second-order valence-electron chi connectivity index (χ2n) is 5.39. The number of rotatable bonds is 4. The van der Waals surface area contributed by atoms with Crippen LogP contribution in [-0.4, -0.2) is 39.6 Å². The summed E-state index contributed by atoms with van der Waals surface area (Å²) in [6.07, 6.45) is 1.85. The molecule has 126 valence electrons. The quantitative estimate of drug-likeness (QED) is 0.623. The van der Waals surface area contributed by atoms with Crippen molar-refractivity contribution < 1.29 is 9.47 Å². The van der Waals surface area contributed by atoms with Crippen molar-refractivity contribution >= 4 is 49.4 Å². The average Bonchev–Trinajstić information content (AvgIpc) is 2.61. The first kappa shape index (κ1) is 17.5. The van der Waals surface area contributed by atoms with Crippen LogP contribution in [0.3, 0.4) is 0 Å². The first-order valence-electron chi connectivity index (χ1n) is 7.67. The smallest absolute Gasteiger partial charge is 0.147 e. The van der Waals surface area contributed by atoms with Crippen molar-refractivity contribution in [1.29, 1.82) is 0 Å². The predicted molar refractivity (Wildman–Crippen MR) is 105 cm³/mol. The highest BCUT2D eigenvalue weighted by molar-refractivity contribution is 9.11. The minimum atomic E-state index is 0.780. The molecule has 0 spiro atoms. The molecule has 1 saturated heterocycles. The summed E-state index contributed by atoms with van der Waals surface area (Å²) >= 11 is 7.01. The summed E-state index contributed by atoms with van der Waals surface area (Å²) in [5.74, 6) is 0.780. The molecule has 0 saturated carbocycles. The summed E-state index contributed by atoms with van der Waals surface area (Å²) in [7, 11) is 1.65. The van der Waals surface area contributed by atoms with Gasteiger partial charge in [0.05, 0.1) is 35.0 Å². The number of aliphatic imine (C=N–C) groups is 1. The lowest BCUT2D eigenvalue weighted by atomic mass is 10.2. The van der Waals surface area contributed by atoms with E-state index in [1.807, 2.05) is 30.5 Å². The summed E-state index contributed by atoms with van der Waals surface area (Å²) in [5.41, 5.74) is 3.13. The maximum Gasteiger partial charge on any atom is 0.147 e. The van der Waals surface area contributed by atoms with Crippen LogP contribution in [0.4, 0.5) is 11.4 Å². The number of morpholine rings is 1. The largest absolute Gasteiger partial charge is 0.494 e. The Morgan fingerprint density at radius 3 is 2.29 bits per heavy atom. The maximum atomic E-state index is 5.39. The Bertz CT molecular complexity index is 703. The molecule has 1 aliphatic rings. The molecular weight excluding hydrogens is 436 g/mol. The van der Waals surface area contributed by atoms with E-state index < -0.39 is 0 Å². The normalized spacial score (nSPS) is 15.0. The lowest BCUT2D eigenvalue weighted by molar-refractivity contribution is 0.122. The first-order chi connectivity index (χ1) is 11.7. The zero-order valence-electron chi connectivity index (χ0n) is 13.3. The molecule has 0 bridgehead atoms. The van der Waals surface area contributed by atoms with E-state index >= 15 is 0 Å². The molecule has 1 fully saturated rings. The van der Waals surface area contributed by atoms with Crippen molar-refractivity contribution in [3.8, 4) is 5.75 Å². The lowest BCUT2D eigenvalue weighted by Gasteiger charge is -2.28. The Balaban J connectivity index is 1.72. The third kappa shape index (κ3) is 4.18. The molecular formula is C18H18Br2N2O2. The molecule has 0 amide bonds. The van der Waals surface area contributed by atoms with Crippen molar-refractivity contribution in [3.05, 3.63) is 50.9 Å². The van der Waals surface area contributed by atoms with Crippen molar-refractivity contribution in [2.75, 3.05) is 38.3 Å². The Kier molecular flexibility index (Phi) is 5.92. The molecule has 0 aliphatic carbocycles. The monoisotopic (exact) mass is 452 g/mol. The number of hydrogen-bond donors (Lipinski definition) is 0. The Morgan fingerprint density at radius 1 is 1.08 bits per heavy atom. The van der Waals surface area contributed by atoms with Gasteiger partial charge in [-0.2, -0.15) is 0 Å². The van der Waals surface area contributed by atoms with Gasteiger partial charge < -0.3 is 14.4 Å². The number of halogens is 2. The van der Waals surface area contributed by atoms with E-state index in [-0.39, 0.29) is 0 Å². The van der Waals surface area contributed by atoms with Crippen molar-refractivity contribution in [1.82, 2.24) is 0 Å². The number of ether oxygens (including phenoxy) is 2. The van der Waals surface area contributed by atoms with Gasteiger partial charge in [0, 0.05) is 25.0 Å². The third-order valence-electron chi connectivity index (χ3n) is 3.81. The SMILES string of the molecule is COc1c(Br)cc(C=Nc2ccc(N3CCOCC3)cc2)cc1Br. The van der Waals surface area contributed by atoms with Gasteiger partial charge in [0.15, 0.2) is 0 Å². The van der Waals surface area contributed by atoms with Gasteiger partial charge in [-0.1, -0.05) is 0 Å². The van der Waals surface area contributed by atoms with E-state index in [2.05, 4.69) is 53.9 Å². The fourth-order valence-electron chi connectivity index (χ4n) is 2.57. The van der Waals surface area contributed by atoms with E-state index in [1.54, 1.807) is 7.11 Å². The highest BCUT2D eigenvalue weighted by atomic mass is 79.9. The van der Waals surface area contributed by atoms with Crippen LogP contribution in [-0.2, 0) is 4.74 Å². The minimum Gasteiger partial charge on any atom is -0.494 e. The standard InChI is InChI=1S/C18H18Br2N2O2/c1-23-18-16(19)10-13(11-17(18)20)12-21-14-2-4-15(5-3-14)22-6-8-24-9-7-22/h2-5,10-12H,6-9H2,1H3. The molecule has 0 atom stereocenters. The van der Waals surface area contributed by atoms with Crippen molar-refractivity contribution in [2.24, 2.45) is 4.99 Å². The number of anilines is 1. The molecule has 2 aromatic rings. The average molecular weight is 454 g/mol. The summed E-state index contributed by atoms with van der Waals surface area (Å²) in [6.45, 7) is 3.47. The van der Waals surface area contributed by atoms with Gasteiger partial charge in [0.2, 0.25) is 0 Å². The molecule has 1 aliphatic heterocycles. The van der Waals surface area contributed by atoms with Gasteiger partial charge in [-0.25, -0.2) is 0 Å². The molecule has 24 heavy (non-hydrogen) atoms. The summed E-state index contributed by atoms with van der Waals surface area (Å²) in [6, 6.07) is 12.3. The van der Waals surface area contributed by atoms with E-state index in [4.69, 9.17) is 9.47 Å². The van der Waals surface area contributed by atoms with E-state index in [9.17, 15) is 0 Å². The minimum absolute atomic E-state index is 0.780. The van der Waals surface area contributed by atoms with Crippen LogP contribution < -0.4 is 9.64 Å². The third-order valence-corrected chi connectivity index (χ3v) is 4.99. The van der Waals surface area contributed by atoms with Crippen LogP contribution in [0.5, 0.6) is 5.75 Å². The maximum absolute atomic E-state index is 5.39. The van der Waals surface area contributed by atoms with Crippen LogP contribution in [0.25, 0.3) is 0 Å². The first-order valence-corrected chi connectivity index (χ1v) is 9.26. The number of nitrogens with zero attached hydrogens (tertiary/aromatic N) is 2. The molecule has 6 heteroatoms. The topological polar surface area (TPSA) is 34.1 Å². The van der Waals surface area contributed by atoms with Gasteiger partial charge >= 0.3 is 0 Å². The van der Waals surface area contributed by atoms with Crippen LogP contribution in [0.1, 0.15) is 5.56 Å². The highest BCUT2D eigenvalue weighted by Crippen LogP contribution is 2.34. The Morgan fingerprint density at radius 2 is 1.71 bits per heavy atom. The van der Waals surface area contributed by atoms with Gasteiger partial charge in [-0.15, -0.1) is 0 Å². The molecule has 0 unspecified atom stereocenters. The second kappa shape index (κ2) is 8.14. The zero-order chi connectivity index (χ0) is 16.9. The molecule has 2 aromatic carbocycles. The number of hydrogen-bond acceptors (Lipinski definition) is 4. The highest BCUT2D eigenvalue weighted by Gasteiger charge is 2.10. The molecule has 0 N–H and O–H groups in total. The predicted octanol–water partition coefficient (Wildman–Crippen LogP) is 4.81. The molecule has 4 nitrogen and oxygen atoms in total. The molecule has 0 aromatic heterocycles. The number of benzene rings is 2. The summed E-state index contributed by atoms with van der Waals surface area (Å²) in [5, 5.41) is 0. The van der Waals surface area contributed by atoms with Gasteiger partial charge in [0.25, 0.3) is 0 Å². The summed E-state index contributed by atoms with van der Waals surface area (Å²) < 4.78 is 12.5. The van der Waals surface area contributed by atoms with Crippen LogP contribution in [0.15, 0.2) is 50.3 Å². The summed E-state index contributed by atoms with van der Waals surface area (Å²) in [4.78, 5) is 6.88. The molecule has 3 rings (SSSR count). The lowest BCUT2D eigenvalue weighted by Crippen LogP contribution is -2.36. The van der Waals surface area contributed by atoms with Crippen LogP contribution in [0, 0.1) is 0 Å². The Hall–Kier alpha value is -1.37. The van der Waals surface area contributed by atoms with E-state index in [0.717, 1.165) is 52.2 Å². The van der Waals surface area contributed by atoms with Crippen molar-refractivity contribution in [3.63, 3.8) is 0 Å². The van der Waals surface area contributed by atoms with E-state index in [0.29, 0.717) is 0 Å². The van der Waals surface area contributed by atoms with Gasteiger partial charge in [-0.3, -0.25) is 4.99 Å². The van der Waals surface area contributed by atoms with Crippen molar-refractivity contribution in [2.45, 2.75) is 0 Å². The van der Waals surface area contributed by atoms with Crippen LogP contribution in [0.2, 0.25) is 0 Å². The fraction of sp³-hybridized carbons (Fsp3) is 0.278. The van der Waals surface area contributed by atoms with E-state index in [1.165, 1.54) is 5.69 Å². The zero-order valence-corrected chi connectivity index (χ0v) is 16.5. The molecule has 0 radical (unpaired) electrons. The van der Waals surface area contributed by atoms with Gasteiger partial charge in [0.1, 0.15) is 5.75 Å². The molecule has 1 heterocycles. The van der Waals surface area contributed by atoms with Crippen LogP contribution >= 0.6 is 31.9 Å². The Labute approximate surface area is 158 Å². The fourth-order valence-corrected chi connectivity index (χ4v) is 4.11.